The Labute approximate surface area is 103 Å². The summed E-state index contributed by atoms with van der Waals surface area (Å²) >= 11 is 0. The third-order valence-electron chi connectivity index (χ3n) is 4.35. The maximum atomic E-state index is 12.2. The number of rotatable bonds is 4. The minimum absolute atomic E-state index is 0.151. The molecule has 1 aliphatic heterocycles. The van der Waals surface area contributed by atoms with Crippen LogP contribution < -0.4 is 10.6 Å². The topological polar surface area (TPSA) is 61.4 Å². The van der Waals surface area contributed by atoms with Crippen LogP contribution in [-0.4, -0.2) is 35.7 Å². The molecule has 1 amide bonds. The second-order valence-corrected chi connectivity index (χ2v) is 5.51. The number of nitrogens with one attached hydrogen (secondary N) is 2. The van der Waals surface area contributed by atoms with E-state index in [1.54, 1.807) is 0 Å². The normalized spacial score (nSPS) is 37.3. The summed E-state index contributed by atoms with van der Waals surface area (Å²) in [6, 6.07) is 0. The summed E-state index contributed by atoms with van der Waals surface area (Å²) in [6.45, 7) is 3.74. The highest BCUT2D eigenvalue weighted by Gasteiger charge is 2.39. The predicted octanol–water partition coefficient (Wildman–Crippen LogP) is 0.796. The fourth-order valence-electron chi connectivity index (χ4n) is 3.10. The van der Waals surface area contributed by atoms with Crippen molar-refractivity contribution >= 4 is 5.91 Å². The smallest absolute Gasteiger partial charge is 0.240 e. The molecule has 0 aromatic heterocycles. The maximum absolute atomic E-state index is 12.2. The van der Waals surface area contributed by atoms with Crippen LogP contribution in [0.5, 0.6) is 0 Å². The van der Waals surface area contributed by atoms with Crippen molar-refractivity contribution < 1.29 is 9.90 Å². The van der Waals surface area contributed by atoms with Crippen LogP contribution in [-0.2, 0) is 4.79 Å². The highest BCUT2D eigenvalue weighted by atomic mass is 16.3. The molecule has 98 valence electrons. The van der Waals surface area contributed by atoms with Gasteiger partial charge in [-0.1, -0.05) is 6.92 Å². The Balaban J connectivity index is 1.80. The summed E-state index contributed by atoms with van der Waals surface area (Å²) in [5.74, 6) is 0.614. The molecule has 3 atom stereocenters. The minimum atomic E-state index is -0.322. The van der Waals surface area contributed by atoms with E-state index in [0.717, 1.165) is 51.6 Å². The summed E-state index contributed by atoms with van der Waals surface area (Å²) in [5.41, 5.74) is -0.322. The van der Waals surface area contributed by atoms with Crippen molar-refractivity contribution in [3.8, 4) is 0 Å². The molecule has 1 saturated carbocycles. The number of aliphatic hydroxyl groups excluding tert-OH is 1. The van der Waals surface area contributed by atoms with Gasteiger partial charge in [0.2, 0.25) is 5.91 Å². The number of carbonyl (C=O) groups is 1. The summed E-state index contributed by atoms with van der Waals surface area (Å²) in [7, 11) is 0. The van der Waals surface area contributed by atoms with Crippen molar-refractivity contribution in [2.24, 2.45) is 5.92 Å². The number of hydrogen-bond acceptors (Lipinski definition) is 3. The monoisotopic (exact) mass is 240 g/mol. The van der Waals surface area contributed by atoms with Gasteiger partial charge < -0.3 is 15.7 Å². The fourth-order valence-corrected chi connectivity index (χ4v) is 3.10. The average molecular weight is 240 g/mol. The Kier molecular flexibility index (Phi) is 4.05. The van der Waals surface area contributed by atoms with E-state index in [-0.39, 0.29) is 17.6 Å². The molecule has 17 heavy (non-hydrogen) atoms. The Morgan fingerprint density at radius 2 is 2.35 bits per heavy atom. The first-order valence-corrected chi connectivity index (χ1v) is 6.87. The molecule has 0 aromatic rings. The SMILES string of the molecule is CCC1(C(=O)NCC2CCC(O)C2)CCCN1. The highest BCUT2D eigenvalue weighted by molar-refractivity contribution is 5.86. The van der Waals surface area contributed by atoms with Gasteiger partial charge in [-0.15, -0.1) is 0 Å². The standard InChI is InChI=1S/C13H24N2O2/c1-2-13(6-3-7-15-13)12(17)14-9-10-4-5-11(16)8-10/h10-11,15-16H,2-9H2,1H3,(H,14,17). The van der Waals surface area contributed by atoms with Gasteiger partial charge in [0.15, 0.2) is 0 Å². The number of aliphatic hydroxyl groups is 1. The molecule has 4 heteroatoms. The van der Waals surface area contributed by atoms with Crippen LogP contribution in [0.3, 0.4) is 0 Å². The van der Waals surface area contributed by atoms with Gasteiger partial charge >= 0.3 is 0 Å². The lowest BCUT2D eigenvalue weighted by Gasteiger charge is -2.27. The lowest BCUT2D eigenvalue weighted by Crippen LogP contribution is -2.53. The van der Waals surface area contributed by atoms with Crippen LogP contribution in [0.1, 0.15) is 45.4 Å². The van der Waals surface area contributed by atoms with E-state index in [1.165, 1.54) is 0 Å². The zero-order valence-corrected chi connectivity index (χ0v) is 10.7. The third-order valence-corrected chi connectivity index (χ3v) is 4.35. The predicted molar refractivity (Wildman–Crippen MR) is 66.6 cm³/mol. The zero-order chi connectivity index (χ0) is 12.3. The molecule has 0 aromatic carbocycles. The van der Waals surface area contributed by atoms with E-state index in [0.29, 0.717) is 5.92 Å². The summed E-state index contributed by atoms with van der Waals surface area (Å²) < 4.78 is 0. The van der Waals surface area contributed by atoms with Crippen LogP contribution >= 0.6 is 0 Å². The maximum Gasteiger partial charge on any atom is 0.240 e. The van der Waals surface area contributed by atoms with E-state index in [9.17, 15) is 9.90 Å². The van der Waals surface area contributed by atoms with E-state index in [2.05, 4.69) is 17.6 Å². The molecule has 3 N–H and O–H groups in total. The summed E-state index contributed by atoms with van der Waals surface area (Å²) in [5, 5.41) is 15.9. The third kappa shape index (κ3) is 2.80. The Bertz CT molecular complexity index is 275. The lowest BCUT2D eigenvalue weighted by molar-refractivity contribution is -0.127. The molecule has 1 aliphatic carbocycles. The molecule has 0 radical (unpaired) electrons. The zero-order valence-electron chi connectivity index (χ0n) is 10.7. The summed E-state index contributed by atoms with van der Waals surface area (Å²) in [6.07, 6.45) is 5.50. The van der Waals surface area contributed by atoms with Gasteiger partial charge in [-0.3, -0.25) is 4.79 Å². The van der Waals surface area contributed by atoms with E-state index < -0.39 is 0 Å². The molecule has 0 bridgehead atoms. The van der Waals surface area contributed by atoms with Crippen molar-refractivity contribution in [3.05, 3.63) is 0 Å². The van der Waals surface area contributed by atoms with Crippen molar-refractivity contribution in [3.63, 3.8) is 0 Å². The van der Waals surface area contributed by atoms with E-state index >= 15 is 0 Å². The Morgan fingerprint density at radius 3 is 2.88 bits per heavy atom. The van der Waals surface area contributed by atoms with Crippen LogP contribution in [0.15, 0.2) is 0 Å². The quantitative estimate of drug-likeness (QED) is 0.681. The van der Waals surface area contributed by atoms with Crippen LogP contribution in [0.4, 0.5) is 0 Å². The van der Waals surface area contributed by atoms with Crippen molar-refractivity contribution in [2.45, 2.75) is 57.1 Å². The van der Waals surface area contributed by atoms with Gasteiger partial charge in [-0.25, -0.2) is 0 Å². The van der Waals surface area contributed by atoms with Gasteiger partial charge in [0.05, 0.1) is 11.6 Å². The molecule has 2 fully saturated rings. The van der Waals surface area contributed by atoms with Gasteiger partial charge in [-0.05, 0) is 51.0 Å². The minimum Gasteiger partial charge on any atom is -0.393 e. The number of carbonyl (C=O) groups excluding carboxylic acids is 1. The van der Waals surface area contributed by atoms with Gasteiger partial charge in [-0.2, -0.15) is 0 Å². The second-order valence-electron chi connectivity index (χ2n) is 5.51. The molecular weight excluding hydrogens is 216 g/mol. The van der Waals surface area contributed by atoms with E-state index in [4.69, 9.17) is 0 Å². The first kappa shape index (κ1) is 12.8. The second kappa shape index (κ2) is 5.36. The van der Waals surface area contributed by atoms with Crippen LogP contribution in [0.2, 0.25) is 0 Å². The molecule has 1 saturated heterocycles. The molecule has 4 nitrogen and oxygen atoms in total. The molecule has 1 heterocycles. The van der Waals surface area contributed by atoms with Crippen LogP contribution in [0.25, 0.3) is 0 Å². The molecule has 2 rings (SSSR count). The van der Waals surface area contributed by atoms with Gasteiger partial charge in [0.1, 0.15) is 0 Å². The van der Waals surface area contributed by atoms with Crippen molar-refractivity contribution in [1.82, 2.24) is 10.6 Å². The van der Waals surface area contributed by atoms with Gasteiger partial charge in [0.25, 0.3) is 0 Å². The Hall–Kier alpha value is -0.610. The van der Waals surface area contributed by atoms with E-state index in [1.807, 2.05) is 0 Å². The number of amides is 1. The fraction of sp³-hybridized carbons (Fsp3) is 0.923. The first-order chi connectivity index (χ1) is 8.16. The lowest BCUT2D eigenvalue weighted by atomic mass is 9.93. The van der Waals surface area contributed by atoms with Crippen molar-refractivity contribution in [1.29, 1.82) is 0 Å². The molecule has 0 spiro atoms. The van der Waals surface area contributed by atoms with Crippen molar-refractivity contribution in [2.75, 3.05) is 13.1 Å². The largest absolute Gasteiger partial charge is 0.393 e. The highest BCUT2D eigenvalue weighted by Crippen LogP contribution is 2.26. The average Bonchev–Trinajstić information content (AvgIpc) is 2.95. The molecular formula is C13H24N2O2. The number of hydrogen-bond donors (Lipinski definition) is 3. The van der Waals surface area contributed by atoms with Gasteiger partial charge in [0, 0.05) is 6.54 Å². The molecule has 3 unspecified atom stereocenters. The summed E-state index contributed by atoms with van der Waals surface area (Å²) in [4.78, 5) is 12.2. The first-order valence-electron chi connectivity index (χ1n) is 6.87. The van der Waals surface area contributed by atoms with Crippen LogP contribution in [0, 0.1) is 5.92 Å². The molecule has 2 aliphatic rings. The Morgan fingerprint density at radius 1 is 1.53 bits per heavy atom.